The van der Waals surface area contributed by atoms with E-state index in [1.165, 1.54) is 38.9 Å². The lowest BCUT2D eigenvalue weighted by Gasteiger charge is -2.34. The lowest BCUT2D eigenvalue weighted by Crippen LogP contribution is -2.28. The highest BCUT2D eigenvalue weighted by molar-refractivity contribution is 5.97. The fraction of sp³-hybridized carbons (Fsp3) is 0.0159. The first-order valence-electron chi connectivity index (χ1n) is 22.6. The van der Waals surface area contributed by atoms with Gasteiger partial charge in [0.05, 0.1) is 5.41 Å². The third-order valence-corrected chi connectivity index (χ3v) is 13.3. The second-order valence-electron chi connectivity index (χ2n) is 17.1. The van der Waals surface area contributed by atoms with Gasteiger partial charge in [0.15, 0.2) is 0 Å². The van der Waals surface area contributed by atoms with Gasteiger partial charge >= 0.3 is 0 Å². The number of rotatable bonds is 9. The number of aromatic nitrogens is 4. The van der Waals surface area contributed by atoms with Gasteiger partial charge in [0.2, 0.25) is 0 Å². The van der Waals surface area contributed by atoms with Crippen LogP contribution >= 0.6 is 0 Å². The second kappa shape index (κ2) is 16.9. The molecule has 0 N–H and O–H groups in total. The van der Waals surface area contributed by atoms with Crippen molar-refractivity contribution in [3.63, 3.8) is 0 Å². The first-order valence-corrected chi connectivity index (χ1v) is 22.6. The van der Waals surface area contributed by atoms with Crippen molar-refractivity contribution in [1.29, 1.82) is 0 Å². The van der Waals surface area contributed by atoms with E-state index < -0.39 is 5.41 Å². The Morgan fingerprint density at radius 2 is 0.612 bits per heavy atom. The first-order chi connectivity index (χ1) is 33.2. The minimum Gasteiger partial charge on any atom is -0.264 e. The van der Waals surface area contributed by atoms with Gasteiger partial charge in [0.25, 0.3) is 0 Å². The van der Waals surface area contributed by atoms with E-state index in [-0.39, 0.29) is 0 Å². The molecule has 0 spiro atoms. The Bertz CT molecular complexity index is 3390. The van der Waals surface area contributed by atoms with Crippen LogP contribution in [0.3, 0.4) is 0 Å². The molecule has 12 rings (SSSR count). The van der Waals surface area contributed by atoms with Crippen LogP contribution in [0.4, 0.5) is 0 Å². The number of fused-ring (bicyclic) bond motifs is 3. The minimum atomic E-state index is -0.510. The average molecular weight is 855 g/mol. The molecule has 0 unspecified atom stereocenters. The van der Waals surface area contributed by atoms with Crippen molar-refractivity contribution in [3.8, 4) is 89.0 Å². The molecule has 1 aliphatic rings. The van der Waals surface area contributed by atoms with Gasteiger partial charge in [0, 0.05) is 83.0 Å². The molecule has 0 aliphatic heterocycles. The zero-order valence-electron chi connectivity index (χ0n) is 36.5. The Labute approximate surface area is 390 Å². The van der Waals surface area contributed by atoms with Crippen LogP contribution in [0.15, 0.2) is 256 Å². The normalized spacial score (nSPS) is 12.3. The highest BCUT2D eigenvalue weighted by Crippen LogP contribution is 2.58. The van der Waals surface area contributed by atoms with E-state index in [9.17, 15) is 0 Å². The third-order valence-electron chi connectivity index (χ3n) is 13.3. The summed E-state index contributed by atoms with van der Waals surface area (Å²) in [7, 11) is 0. The predicted octanol–water partition coefficient (Wildman–Crippen LogP) is 15.3. The molecular formula is C63H42N4. The van der Waals surface area contributed by atoms with Gasteiger partial charge < -0.3 is 0 Å². The van der Waals surface area contributed by atoms with Crippen molar-refractivity contribution in [2.45, 2.75) is 5.41 Å². The first kappa shape index (κ1) is 39.7. The quantitative estimate of drug-likeness (QED) is 0.145. The van der Waals surface area contributed by atoms with Crippen molar-refractivity contribution in [1.82, 2.24) is 19.9 Å². The summed E-state index contributed by atoms with van der Waals surface area (Å²) < 4.78 is 0. The zero-order chi connectivity index (χ0) is 44.6. The Kier molecular flexibility index (Phi) is 10.0. The summed E-state index contributed by atoms with van der Waals surface area (Å²) in [5.74, 6) is 0. The average Bonchev–Trinajstić information content (AvgIpc) is 3.73. The number of benzene rings is 7. The lowest BCUT2D eigenvalue weighted by atomic mass is 9.67. The Balaban J connectivity index is 1.06. The number of hydrogen-bond donors (Lipinski definition) is 0. The Hall–Kier alpha value is -8.86. The monoisotopic (exact) mass is 854 g/mol. The summed E-state index contributed by atoms with van der Waals surface area (Å²) in [4.78, 5) is 18.1. The predicted molar refractivity (Wildman–Crippen MR) is 273 cm³/mol. The van der Waals surface area contributed by atoms with E-state index in [0.29, 0.717) is 0 Å². The SMILES string of the molecule is c1ccc(C2(c3ccccc3)c3ccccc3-c3c(-c4cc(-c5cccc(-c6cncc(-c7cccnc7)c6)c5)cc(-c5cccc(-c6cncc(-c7cccnc7)c6)c5)c4)cccc32)cc1. The maximum atomic E-state index is 4.67. The van der Waals surface area contributed by atoms with Gasteiger partial charge in [-0.3, -0.25) is 19.9 Å². The van der Waals surface area contributed by atoms with Crippen LogP contribution in [-0.2, 0) is 5.41 Å². The van der Waals surface area contributed by atoms with Crippen molar-refractivity contribution < 1.29 is 0 Å². The molecule has 314 valence electrons. The fourth-order valence-electron chi connectivity index (χ4n) is 10.2. The molecule has 0 atom stereocenters. The van der Waals surface area contributed by atoms with Gasteiger partial charge in [-0.05, 0) is 132 Å². The maximum absolute atomic E-state index is 4.67. The van der Waals surface area contributed by atoms with Crippen LogP contribution in [0.5, 0.6) is 0 Å². The van der Waals surface area contributed by atoms with Gasteiger partial charge in [0.1, 0.15) is 0 Å². The summed E-state index contributed by atoms with van der Waals surface area (Å²) >= 11 is 0. The number of pyridine rings is 4. The highest BCUT2D eigenvalue weighted by atomic mass is 14.6. The molecule has 0 bridgehead atoms. The number of hydrogen-bond acceptors (Lipinski definition) is 4. The number of nitrogens with zero attached hydrogens (tertiary/aromatic N) is 4. The van der Waals surface area contributed by atoms with Crippen molar-refractivity contribution in [2.24, 2.45) is 0 Å². The third kappa shape index (κ3) is 7.13. The Morgan fingerprint density at radius 3 is 1.13 bits per heavy atom. The standard InChI is InChI=1S/C63H42N4/c1-3-20-56(21-4-1)63(57-22-5-2-6-23-57)60-26-8-7-24-59(60)62-58(25-11-27-61(62)63)51-33-49(43-14-9-16-45(30-43)52-35-54(41-66-39-52)47-18-12-28-64-37-47)32-50(34-51)44-15-10-17-46(31-44)53-36-55(42-67-40-53)48-19-13-29-65-38-48/h1-42H. The molecule has 1 aliphatic carbocycles. The molecule has 4 nitrogen and oxygen atoms in total. The van der Waals surface area contributed by atoms with Crippen LogP contribution in [0.1, 0.15) is 22.3 Å². The van der Waals surface area contributed by atoms with E-state index >= 15 is 0 Å². The van der Waals surface area contributed by atoms with Gasteiger partial charge in [-0.15, -0.1) is 0 Å². The molecule has 11 aromatic rings. The summed E-state index contributed by atoms with van der Waals surface area (Å²) in [6.45, 7) is 0. The van der Waals surface area contributed by atoms with E-state index in [1.807, 2.05) is 49.3 Å². The van der Waals surface area contributed by atoms with Crippen molar-refractivity contribution >= 4 is 0 Å². The molecule has 0 amide bonds. The molecule has 0 fully saturated rings. The van der Waals surface area contributed by atoms with Crippen molar-refractivity contribution in [2.75, 3.05) is 0 Å². The lowest BCUT2D eigenvalue weighted by molar-refractivity contribution is 0.768. The summed E-state index contributed by atoms with van der Waals surface area (Å²) in [6.07, 6.45) is 15.1. The van der Waals surface area contributed by atoms with Gasteiger partial charge in [-0.1, -0.05) is 152 Å². The maximum Gasteiger partial charge on any atom is 0.0713 e. The largest absolute Gasteiger partial charge is 0.264 e. The molecule has 67 heavy (non-hydrogen) atoms. The van der Waals surface area contributed by atoms with Crippen LogP contribution in [0.2, 0.25) is 0 Å². The van der Waals surface area contributed by atoms with Gasteiger partial charge in [-0.2, -0.15) is 0 Å². The molecule has 4 heteroatoms. The van der Waals surface area contributed by atoms with E-state index in [4.69, 9.17) is 0 Å². The van der Waals surface area contributed by atoms with Crippen LogP contribution in [-0.4, -0.2) is 19.9 Å². The summed E-state index contributed by atoms with van der Waals surface area (Å²) in [5, 5.41) is 0. The smallest absolute Gasteiger partial charge is 0.0713 e. The summed E-state index contributed by atoms with van der Waals surface area (Å²) in [5.41, 5.74) is 22.3. The molecule has 4 aromatic heterocycles. The van der Waals surface area contributed by atoms with Crippen LogP contribution in [0.25, 0.3) is 89.0 Å². The summed E-state index contributed by atoms with van der Waals surface area (Å²) in [6, 6.07) is 75.2. The van der Waals surface area contributed by atoms with Crippen LogP contribution < -0.4 is 0 Å². The topological polar surface area (TPSA) is 51.6 Å². The highest BCUT2D eigenvalue weighted by Gasteiger charge is 2.46. The second-order valence-corrected chi connectivity index (χ2v) is 17.1. The minimum absolute atomic E-state index is 0.510. The van der Waals surface area contributed by atoms with E-state index in [0.717, 1.165) is 72.3 Å². The van der Waals surface area contributed by atoms with E-state index in [1.54, 1.807) is 12.4 Å². The fourth-order valence-corrected chi connectivity index (χ4v) is 10.2. The molecular weight excluding hydrogens is 813 g/mol. The Morgan fingerprint density at radius 1 is 0.239 bits per heavy atom. The zero-order valence-corrected chi connectivity index (χ0v) is 36.5. The van der Waals surface area contributed by atoms with Gasteiger partial charge in [-0.25, -0.2) is 0 Å². The molecule has 4 heterocycles. The molecule has 0 radical (unpaired) electrons. The molecule has 0 saturated heterocycles. The van der Waals surface area contributed by atoms with Crippen LogP contribution in [0, 0.1) is 0 Å². The molecule has 0 saturated carbocycles. The van der Waals surface area contributed by atoms with Crippen molar-refractivity contribution in [3.05, 3.63) is 278 Å². The van der Waals surface area contributed by atoms with E-state index in [2.05, 4.69) is 214 Å². The molecule has 7 aromatic carbocycles.